The summed E-state index contributed by atoms with van der Waals surface area (Å²) in [4.78, 5) is 14.7. The van der Waals surface area contributed by atoms with Crippen LogP contribution in [0, 0.1) is 0 Å². The summed E-state index contributed by atoms with van der Waals surface area (Å²) in [6, 6.07) is 6.17. The Balaban J connectivity index is 1.82. The molecule has 0 aliphatic carbocycles. The third kappa shape index (κ3) is 2.17. The third-order valence-corrected chi connectivity index (χ3v) is 4.42. The lowest BCUT2D eigenvalue weighted by Crippen LogP contribution is -2.46. The van der Waals surface area contributed by atoms with Gasteiger partial charge in [0, 0.05) is 31.8 Å². The number of carbonyl (C=O) groups excluding carboxylic acids is 1. The molecule has 0 fully saturated rings. The van der Waals surface area contributed by atoms with Crippen molar-refractivity contribution in [3.05, 3.63) is 41.2 Å². The lowest BCUT2D eigenvalue weighted by atomic mass is 10.0. The first-order valence-electron chi connectivity index (χ1n) is 8.04. The van der Waals surface area contributed by atoms with Crippen LogP contribution in [0.4, 0.5) is 5.69 Å². The van der Waals surface area contributed by atoms with Gasteiger partial charge in [0.25, 0.3) is 5.91 Å². The maximum Gasteiger partial charge on any atom is 0.275 e. The number of fused-ring (bicyclic) bond motifs is 2. The second-order valence-corrected chi connectivity index (χ2v) is 6.04. The Kier molecular flexibility index (Phi) is 3.25. The standard InChI is InChI=1S/C17H20N4O2/c1-3-8-21-13-10-20(2)19-14(13)17(22)18-16(21)12-6-4-5-11-7-9-23-15(11)12/h4-6,10,16H,3,7-9H2,1-2H3,(H,18,22). The topological polar surface area (TPSA) is 59.4 Å². The highest BCUT2D eigenvalue weighted by atomic mass is 16.5. The van der Waals surface area contributed by atoms with Crippen molar-refractivity contribution in [1.82, 2.24) is 15.1 Å². The van der Waals surface area contributed by atoms with Crippen molar-refractivity contribution in [2.45, 2.75) is 25.9 Å². The molecule has 4 rings (SSSR count). The lowest BCUT2D eigenvalue weighted by Gasteiger charge is -2.37. The van der Waals surface area contributed by atoms with Gasteiger partial charge in [-0.15, -0.1) is 0 Å². The number of nitrogens with zero attached hydrogens (tertiary/aromatic N) is 3. The number of amides is 1. The number of para-hydroxylation sites is 1. The number of hydrogen-bond donors (Lipinski definition) is 1. The SMILES string of the molecule is CCCN1c2cn(C)nc2C(=O)NC1c1cccc2c1OCC2. The average Bonchev–Trinajstić information content (AvgIpc) is 3.16. The Bertz CT molecular complexity index is 768. The van der Waals surface area contributed by atoms with E-state index in [-0.39, 0.29) is 12.1 Å². The molecule has 2 aliphatic rings. The molecule has 0 saturated carbocycles. The average molecular weight is 312 g/mol. The van der Waals surface area contributed by atoms with Gasteiger partial charge in [-0.25, -0.2) is 0 Å². The van der Waals surface area contributed by atoms with Crippen LogP contribution < -0.4 is 15.0 Å². The predicted molar refractivity (Wildman–Crippen MR) is 86.7 cm³/mol. The molecule has 120 valence electrons. The minimum atomic E-state index is -0.216. The molecule has 2 aromatic rings. The summed E-state index contributed by atoms with van der Waals surface area (Å²) in [5, 5.41) is 7.39. The van der Waals surface area contributed by atoms with E-state index in [1.807, 2.05) is 25.4 Å². The highest BCUT2D eigenvalue weighted by molar-refractivity contribution is 6.00. The second kappa shape index (κ2) is 5.30. The van der Waals surface area contributed by atoms with Crippen LogP contribution >= 0.6 is 0 Å². The number of carbonyl (C=O) groups is 1. The van der Waals surface area contributed by atoms with Gasteiger partial charge in [0.05, 0.1) is 12.3 Å². The number of aromatic nitrogens is 2. The number of rotatable bonds is 3. The highest BCUT2D eigenvalue weighted by Gasteiger charge is 2.36. The smallest absolute Gasteiger partial charge is 0.275 e. The Morgan fingerprint density at radius 3 is 3.13 bits per heavy atom. The fourth-order valence-electron chi connectivity index (χ4n) is 3.45. The zero-order valence-corrected chi connectivity index (χ0v) is 13.4. The zero-order chi connectivity index (χ0) is 16.0. The van der Waals surface area contributed by atoms with Crippen LogP contribution in [-0.2, 0) is 13.5 Å². The number of hydrogen-bond acceptors (Lipinski definition) is 4. The summed E-state index contributed by atoms with van der Waals surface area (Å²) < 4.78 is 7.53. The van der Waals surface area contributed by atoms with E-state index in [0.717, 1.165) is 36.4 Å². The van der Waals surface area contributed by atoms with Gasteiger partial charge >= 0.3 is 0 Å². The van der Waals surface area contributed by atoms with Crippen molar-refractivity contribution in [2.24, 2.45) is 7.05 Å². The monoisotopic (exact) mass is 312 g/mol. The largest absolute Gasteiger partial charge is 0.493 e. The van der Waals surface area contributed by atoms with Crippen LogP contribution in [0.5, 0.6) is 5.75 Å². The van der Waals surface area contributed by atoms with Gasteiger partial charge in [-0.3, -0.25) is 9.48 Å². The molecule has 6 nitrogen and oxygen atoms in total. The molecule has 23 heavy (non-hydrogen) atoms. The van der Waals surface area contributed by atoms with Crippen LogP contribution in [-0.4, -0.2) is 28.8 Å². The van der Waals surface area contributed by atoms with Crippen LogP contribution in [0.2, 0.25) is 0 Å². The van der Waals surface area contributed by atoms with E-state index in [0.29, 0.717) is 12.3 Å². The van der Waals surface area contributed by atoms with E-state index in [4.69, 9.17) is 4.74 Å². The Labute approximate surface area is 135 Å². The number of aryl methyl sites for hydroxylation is 1. The normalized spacial score (nSPS) is 19.1. The maximum absolute atomic E-state index is 12.5. The van der Waals surface area contributed by atoms with Gasteiger partial charge in [0.2, 0.25) is 0 Å². The van der Waals surface area contributed by atoms with Crippen LogP contribution in [0.25, 0.3) is 0 Å². The second-order valence-electron chi connectivity index (χ2n) is 6.04. The van der Waals surface area contributed by atoms with Gasteiger partial charge in [0.1, 0.15) is 11.9 Å². The molecule has 0 radical (unpaired) electrons. The molecule has 1 N–H and O–H groups in total. The van der Waals surface area contributed by atoms with E-state index in [1.165, 1.54) is 5.56 Å². The Morgan fingerprint density at radius 2 is 2.30 bits per heavy atom. The van der Waals surface area contributed by atoms with Crippen LogP contribution in [0.15, 0.2) is 24.4 Å². The van der Waals surface area contributed by atoms with E-state index >= 15 is 0 Å². The highest BCUT2D eigenvalue weighted by Crippen LogP contribution is 2.39. The molecular formula is C17H20N4O2. The van der Waals surface area contributed by atoms with Crippen molar-refractivity contribution in [3.63, 3.8) is 0 Å². The molecule has 6 heteroatoms. The van der Waals surface area contributed by atoms with E-state index in [9.17, 15) is 4.79 Å². The third-order valence-electron chi connectivity index (χ3n) is 4.42. The molecule has 1 atom stereocenters. The van der Waals surface area contributed by atoms with E-state index in [2.05, 4.69) is 28.3 Å². The van der Waals surface area contributed by atoms with Crippen molar-refractivity contribution in [2.75, 3.05) is 18.1 Å². The Morgan fingerprint density at radius 1 is 1.43 bits per heavy atom. The molecule has 1 aromatic heterocycles. The molecule has 3 heterocycles. The zero-order valence-electron chi connectivity index (χ0n) is 13.4. The summed E-state index contributed by atoms with van der Waals surface area (Å²) in [6.07, 6.45) is 3.61. The van der Waals surface area contributed by atoms with Crippen LogP contribution in [0.3, 0.4) is 0 Å². The first-order valence-corrected chi connectivity index (χ1v) is 8.04. The van der Waals surface area contributed by atoms with Crippen molar-refractivity contribution >= 4 is 11.6 Å². The fourth-order valence-corrected chi connectivity index (χ4v) is 3.45. The number of anilines is 1. The first kappa shape index (κ1) is 14.1. The summed E-state index contributed by atoms with van der Waals surface area (Å²) in [5.41, 5.74) is 3.62. The summed E-state index contributed by atoms with van der Waals surface area (Å²) in [6.45, 7) is 3.68. The molecular weight excluding hydrogens is 292 g/mol. The molecule has 2 aliphatic heterocycles. The summed E-state index contributed by atoms with van der Waals surface area (Å²) in [7, 11) is 1.84. The molecule has 0 spiro atoms. The van der Waals surface area contributed by atoms with Crippen molar-refractivity contribution in [1.29, 1.82) is 0 Å². The Hall–Kier alpha value is -2.50. The van der Waals surface area contributed by atoms with Crippen molar-refractivity contribution < 1.29 is 9.53 Å². The molecule has 0 bridgehead atoms. The minimum absolute atomic E-state index is 0.131. The number of ether oxygens (including phenoxy) is 1. The molecule has 1 aromatic carbocycles. The minimum Gasteiger partial charge on any atom is -0.493 e. The number of nitrogens with one attached hydrogen (secondary N) is 1. The van der Waals surface area contributed by atoms with Gasteiger partial charge in [-0.1, -0.05) is 25.1 Å². The van der Waals surface area contributed by atoms with Gasteiger partial charge in [-0.05, 0) is 12.0 Å². The predicted octanol–water partition coefficient (Wildman–Crippen LogP) is 2.01. The van der Waals surface area contributed by atoms with Crippen LogP contribution in [0.1, 0.15) is 41.1 Å². The molecule has 0 saturated heterocycles. The van der Waals surface area contributed by atoms with Gasteiger partial charge < -0.3 is 15.0 Å². The van der Waals surface area contributed by atoms with Gasteiger partial charge in [0.15, 0.2) is 5.69 Å². The maximum atomic E-state index is 12.5. The quantitative estimate of drug-likeness (QED) is 0.942. The van der Waals surface area contributed by atoms with Crippen molar-refractivity contribution in [3.8, 4) is 5.75 Å². The van der Waals surface area contributed by atoms with E-state index < -0.39 is 0 Å². The fraction of sp³-hybridized carbons (Fsp3) is 0.412. The van der Waals surface area contributed by atoms with E-state index in [1.54, 1.807) is 4.68 Å². The number of benzene rings is 1. The lowest BCUT2D eigenvalue weighted by molar-refractivity contribution is 0.0920. The van der Waals surface area contributed by atoms with Gasteiger partial charge in [-0.2, -0.15) is 5.10 Å². The first-order chi connectivity index (χ1) is 11.2. The summed E-state index contributed by atoms with van der Waals surface area (Å²) in [5.74, 6) is 0.791. The molecule has 1 unspecified atom stereocenters. The summed E-state index contributed by atoms with van der Waals surface area (Å²) >= 11 is 0. The molecule has 1 amide bonds.